The highest BCUT2D eigenvalue weighted by molar-refractivity contribution is 5.94. The number of carbonyl (C=O) groups excluding carboxylic acids is 1. The number of methoxy groups -OCH3 is 1. The second-order valence-electron chi connectivity index (χ2n) is 7.23. The lowest BCUT2D eigenvalue weighted by Gasteiger charge is -2.14. The molecular weight excluding hydrogens is 408 g/mol. The molecule has 0 unspecified atom stereocenters. The second kappa shape index (κ2) is 13.9. The molecule has 2 aromatic carbocycles. The minimum Gasteiger partial charge on any atom is -0.508 e. The Morgan fingerprint density at radius 3 is 2.50 bits per heavy atom. The zero-order chi connectivity index (χ0) is 23.2. The number of ether oxygens (including phenoxy) is 2. The van der Waals surface area contributed by atoms with Crippen molar-refractivity contribution in [3.8, 4) is 11.5 Å². The molecule has 0 bridgehead atoms. The predicted octanol–water partition coefficient (Wildman–Crippen LogP) is 2.60. The minimum atomic E-state index is -0.191. The Bertz CT molecular complexity index is 869. The maximum absolute atomic E-state index is 12.1. The lowest BCUT2D eigenvalue weighted by Crippen LogP contribution is -2.41. The molecule has 0 heterocycles. The number of nitrogens with one attached hydrogen (secondary N) is 3. The highest BCUT2D eigenvalue weighted by Gasteiger charge is 2.07. The van der Waals surface area contributed by atoms with E-state index in [4.69, 9.17) is 9.47 Å². The number of benzene rings is 2. The number of aryl methyl sites for hydroxylation is 1. The van der Waals surface area contributed by atoms with Gasteiger partial charge < -0.3 is 30.5 Å². The summed E-state index contributed by atoms with van der Waals surface area (Å²) in [4.78, 5) is 16.8. The molecule has 0 atom stereocenters. The molecule has 2 aromatic rings. The van der Waals surface area contributed by atoms with Crippen LogP contribution in [0.5, 0.6) is 11.5 Å². The highest BCUT2D eigenvalue weighted by atomic mass is 16.5. The summed E-state index contributed by atoms with van der Waals surface area (Å²) in [5.41, 5.74) is 2.64. The lowest BCUT2D eigenvalue weighted by atomic mass is 10.1. The number of guanidine groups is 1. The number of nitrogens with zero attached hydrogens (tertiary/aromatic N) is 1. The van der Waals surface area contributed by atoms with Crippen LogP contribution in [-0.2, 0) is 11.3 Å². The summed E-state index contributed by atoms with van der Waals surface area (Å²) in [7, 11) is 1.68. The first-order chi connectivity index (χ1) is 15.5. The first-order valence-corrected chi connectivity index (χ1v) is 10.8. The summed E-state index contributed by atoms with van der Waals surface area (Å²) < 4.78 is 11.0. The second-order valence-corrected chi connectivity index (χ2v) is 7.23. The van der Waals surface area contributed by atoms with E-state index < -0.39 is 0 Å². The molecule has 0 aliphatic rings. The zero-order valence-electron chi connectivity index (χ0n) is 19.1. The number of carbonyl (C=O) groups is 1. The van der Waals surface area contributed by atoms with E-state index in [1.807, 2.05) is 32.0 Å². The summed E-state index contributed by atoms with van der Waals surface area (Å²) in [5.74, 6) is 1.44. The number of phenolic OH excluding ortho intramolecular Hbond substituents is 1. The third-order valence-corrected chi connectivity index (χ3v) is 4.56. The van der Waals surface area contributed by atoms with Gasteiger partial charge in [-0.25, -0.2) is 4.99 Å². The van der Waals surface area contributed by atoms with Gasteiger partial charge in [-0.15, -0.1) is 0 Å². The van der Waals surface area contributed by atoms with E-state index >= 15 is 0 Å². The van der Waals surface area contributed by atoms with Crippen LogP contribution < -0.4 is 20.7 Å². The Morgan fingerprint density at radius 2 is 1.78 bits per heavy atom. The van der Waals surface area contributed by atoms with Crippen LogP contribution in [-0.4, -0.2) is 56.9 Å². The molecule has 0 radical (unpaired) electrons. The van der Waals surface area contributed by atoms with E-state index in [-0.39, 0.29) is 11.7 Å². The van der Waals surface area contributed by atoms with Crippen molar-refractivity contribution in [2.75, 3.05) is 40.0 Å². The lowest BCUT2D eigenvalue weighted by molar-refractivity contribution is 0.0954. The molecule has 0 fully saturated rings. The molecule has 0 spiro atoms. The molecule has 174 valence electrons. The van der Waals surface area contributed by atoms with Crippen molar-refractivity contribution in [3.05, 3.63) is 59.2 Å². The zero-order valence-corrected chi connectivity index (χ0v) is 19.1. The molecule has 0 aliphatic carbocycles. The van der Waals surface area contributed by atoms with Gasteiger partial charge in [0.2, 0.25) is 0 Å². The van der Waals surface area contributed by atoms with Crippen molar-refractivity contribution in [2.45, 2.75) is 26.8 Å². The van der Waals surface area contributed by atoms with Crippen LogP contribution in [0.1, 0.15) is 34.8 Å². The summed E-state index contributed by atoms with van der Waals surface area (Å²) in [6, 6.07) is 12.3. The first kappa shape index (κ1) is 25.0. The van der Waals surface area contributed by atoms with Gasteiger partial charge in [-0.3, -0.25) is 4.79 Å². The monoisotopic (exact) mass is 442 g/mol. The smallest absolute Gasteiger partial charge is 0.251 e. The number of hydrogen-bond donors (Lipinski definition) is 4. The fraction of sp³-hybridized carbons (Fsp3) is 0.417. The van der Waals surface area contributed by atoms with Crippen LogP contribution in [0, 0.1) is 6.92 Å². The van der Waals surface area contributed by atoms with E-state index in [0.717, 1.165) is 29.8 Å². The summed E-state index contributed by atoms with van der Waals surface area (Å²) >= 11 is 0. The fourth-order valence-electron chi connectivity index (χ4n) is 2.89. The van der Waals surface area contributed by atoms with Gasteiger partial charge >= 0.3 is 0 Å². The van der Waals surface area contributed by atoms with Crippen LogP contribution in [0.25, 0.3) is 0 Å². The van der Waals surface area contributed by atoms with Gasteiger partial charge in [-0.1, -0.05) is 12.1 Å². The SMILES string of the molecule is CCNC(=NCc1ccc(C)cc1OCCCOC)NCCNC(=O)c1ccc(O)cc1. The number of hydrogen-bond acceptors (Lipinski definition) is 5. The van der Waals surface area contributed by atoms with E-state index in [2.05, 4.69) is 20.9 Å². The van der Waals surface area contributed by atoms with Crippen molar-refractivity contribution < 1.29 is 19.4 Å². The van der Waals surface area contributed by atoms with Gasteiger partial charge in [0.15, 0.2) is 5.96 Å². The molecule has 8 heteroatoms. The fourth-order valence-corrected chi connectivity index (χ4v) is 2.89. The van der Waals surface area contributed by atoms with Gasteiger partial charge in [0.1, 0.15) is 11.5 Å². The average molecular weight is 443 g/mol. The Balaban J connectivity index is 1.88. The summed E-state index contributed by atoms with van der Waals surface area (Å²) in [5, 5.41) is 18.6. The largest absolute Gasteiger partial charge is 0.508 e. The molecule has 0 aromatic heterocycles. The topological polar surface area (TPSA) is 104 Å². The molecule has 4 N–H and O–H groups in total. The maximum Gasteiger partial charge on any atom is 0.251 e. The Labute approximate surface area is 190 Å². The first-order valence-electron chi connectivity index (χ1n) is 10.8. The number of rotatable bonds is 12. The third kappa shape index (κ3) is 8.85. The number of amides is 1. The Hall–Kier alpha value is -3.26. The molecule has 0 saturated heterocycles. The molecular formula is C24H34N4O4. The standard InChI is InChI=1S/C24H34N4O4/c1-4-25-24(27-13-12-26-23(30)19-8-10-21(29)11-9-19)28-17-20-7-6-18(2)16-22(20)32-15-5-14-31-3/h6-11,16,29H,4-5,12-15,17H2,1-3H3,(H,26,30)(H2,25,27,28). The average Bonchev–Trinajstić information content (AvgIpc) is 2.79. The maximum atomic E-state index is 12.1. The van der Waals surface area contributed by atoms with E-state index in [1.165, 1.54) is 12.1 Å². The highest BCUT2D eigenvalue weighted by Crippen LogP contribution is 2.21. The Kier molecular flexibility index (Phi) is 10.9. The molecule has 8 nitrogen and oxygen atoms in total. The van der Waals surface area contributed by atoms with Crippen LogP contribution in [0.4, 0.5) is 0 Å². The normalized spacial score (nSPS) is 11.2. The van der Waals surface area contributed by atoms with Crippen LogP contribution in [0.15, 0.2) is 47.5 Å². The van der Waals surface area contributed by atoms with Crippen molar-refractivity contribution >= 4 is 11.9 Å². The quantitative estimate of drug-likeness (QED) is 0.229. The van der Waals surface area contributed by atoms with Crippen LogP contribution >= 0.6 is 0 Å². The Morgan fingerprint density at radius 1 is 1.03 bits per heavy atom. The van der Waals surface area contributed by atoms with Crippen LogP contribution in [0.3, 0.4) is 0 Å². The van der Waals surface area contributed by atoms with Crippen molar-refractivity contribution in [1.82, 2.24) is 16.0 Å². The summed E-state index contributed by atoms with van der Waals surface area (Å²) in [6.45, 7) is 7.43. The molecule has 0 saturated carbocycles. The van der Waals surface area contributed by atoms with Crippen molar-refractivity contribution in [2.24, 2.45) is 4.99 Å². The molecule has 2 rings (SSSR count). The van der Waals surface area contributed by atoms with Gasteiger partial charge in [-0.2, -0.15) is 0 Å². The molecule has 1 amide bonds. The van der Waals surface area contributed by atoms with E-state index in [9.17, 15) is 9.90 Å². The minimum absolute atomic E-state index is 0.131. The third-order valence-electron chi connectivity index (χ3n) is 4.56. The molecule has 32 heavy (non-hydrogen) atoms. The van der Waals surface area contributed by atoms with Crippen LogP contribution in [0.2, 0.25) is 0 Å². The van der Waals surface area contributed by atoms with Gasteiger partial charge in [0.05, 0.1) is 13.2 Å². The summed E-state index contributed by atoms with van der Waals surface area (Å²) in [6.07, 6.45) is 0.827. The number of aliphatic imine (C=N–C) groups is 1. The molecule has 0 aliphatic heterocycles. The van der Waals surface area contributed by atoms with Gasteiger partial charge in [0.25, 0.3) is 5.91 Å². The number of phenols is 1. The van der Waals surface area contributed by atoms with Gasteiger partial charge in [-0.05, 0) is 49.7 Å². The predicted molar refractivity (Wildman–Crippen MR) is 126 cm³/mol. The van der Waals surface area contributed by atoms with E-state index in [1.54, 1.807) is 19.2 Å². The van der Waals surface area contributed by atoms with Crippen molar-refractivity contribution in [3.63, 3.8) is 0 Å². The van der Waals surface area contributed by atoms with Gasteiger partial charge in [0, 0.05) is 50.9 Å². The van der Waals surface area contributed by atoms with E-state index in [0.29, 0.717) is 44.4 Å². The number of aromatic hydroxyl groups is 1. The van der Waals surface area contributed by atoms with Crippen molar-refractivity contribution in [1.29, 1.82) is 0 Å².